The molecule has 2 heterocycles. The fourth-order valence-electron chi connectivity index (χ4n) is 3.76. The van der Waals surface area contributed by atoms with E-state index in [-0.39, 0.29) is 29.4 Å². The van der Waals surface area contributed by atoms with Gasteiger partial charge in [-0.05, 0) is 41.8 Å². The fraction of sp³-hybridized carbons (Fsp3) is 0.167. The number of carbonyl (C=O) groups excluding carboxylic acids is 2. The molecule has 7 nitrogen and oxygen atoms in total. The first-order valence-corrected chi connectivity index (χ1v) is 9.74. The number of aromatic hydroxyl groups is 1. The number of hydrogen-bond acceptors (Lipinski definition) is 6. The highest BCUT2D eigenvalue weighted by Crippen LogP contribution is 2.41. The van der Waals surface area contributed by atoms with Crippen molar-refractivity contribution < 1.29 is 29.0 Å². The number of phenolic OH excluding ortho intramolecular Hbond substituents is 1. The molecule has 2 aromatic carbocycles. The Hall–Kier alpha value is -4.00. The number of phenols is 1. The molecule has 7 heteroatoms. The van der Waals surface area contributed by atoms with Crippen LogP contribution in [0.3, 0.4) is 0 Å². The first-order chi connectivity index (χ1) is 15.0. The minimum absolute atomic E-state index is 0.0232. The van der Waals surface area contributed by atoms with E-state index in [4.69, 9.17) is 9.15 Å². The summed E-state index contributed by atoms with van der Waals surface area (Å²) in [5.41, 5.74) is 1.47. The van der Waals surface area contributed by atoms with Crippen molar-refractivity contribution in [1.29, 1.82) is 0 Å². The van der Waals surface area contributed by atoms with Crippen molar-refractivity contribution in [3.63, 3.8) is 0 Å². The maximum atomic E-state index is 13.1. The third-order valence-corrected chi connectivity index (χ3v) is 5.30. The zero-order chi connectivity index (χ0) is 22.0. The van der Waals surface area contributed by atoms with E-state index in [9.17, 15) is 19.8 Å². The minimum Gasteiger partial charge on any atom is -0.504 e. The second-order valence-corrected chi connectivity index (χ2v) is 7.14. The number of carbonyl (C=O) groups is 2. The number of nitrogens with zero attached hydrogens (tertiary/aromatic N) is 1. The average molecular weight is 419 g/mol. The Labute approximate surface area is 178 Å². The molecule has 0 spiro atoms. The fourth-order valence-corrected chi connectivity index (χ4v) is 3.76. The number of ketones is 1. The Morgan fingerprint density at radius 2 is 1.87 bits per heavy atom. The molecule has 0 aliphatic carbocycles. The van der Waals surface area contributed by atoms with E-state index < -0.39 is 23.5 Å². The third kappa shape index (κ3) is 3.77. The summed E-state index contributed by atoms with van der Waals surface area (Å²) in [6.07, 6.45) is 1.89. The lowest BCUT2D eigenvalue weighted by Crippen LogP contribution is -2.33. The van der Waals surface area contributed by atoms with Gasteiger partial charge in [-0.1, -0.05) is 36.4 Å². The molecule has 31 heavy (non-hydrogen) atoms. The SMILES string of the molecule is COc1cc([C@H]2C(C(=O)c3ccco3)=C(O)C(=O)N2CCc2ccccc2)ccc1O. The average Bonchev–Trinajstić information content (AvgIpc) is 3.41. The molecule has 1 aliphatic heterocycles. The summed E-state index contributed by atoms with van der Waals surface area (Å²) >= 11 is 0. The number of rotatable bonds is 7. The van der Waals surface area contributed by atoms with Gasteiger partial charge >= 0.3 is 0 Å². The highest BCUT2D eigenvalue weighted by atomic mass is 16.5. The lowest BCUT2D eigenvalue weighted by molar-refractivity contribution is -0.129. The second-order valence-electron chi connectivity index (χ2n) is 7.14. The van der Waals surface area contributed by atoms with E-state index in [0.717, 1.165) is 5.56 Å². The highest BCUT2D eigenvalue weighted by Gasteiger charge is 2.44. The molecule has 0 saturated heterocycles. The van der Waals surface area contributed by atoms with Crippen LogP contribution in [0.1, 0.15) is 27.7 Å². The topological polar surface area (TPSA) is 100 Å². The molecule has 158 valence electrons. The quantitative estimate of drug-likeness (QED) is 0.565. The van der Waals surface area contributed by atoms with Gasteiger partial charge in [0.25, 0.3) is 5.91 Å². The Morgan fingerprint density at radius 1 is 1.10 bits per heavy atom. The predicted octanol–water partition coefficient (Wildman–Crippen LogP) is 3.81. The summed E-state index contributed by atoms with van der Waals surface area (Å²) in [6.45, 7) is 0.274. The van der Waals surface area contributed by atoms with Crippen molar-refractivity contribution in [2.24, 2.45) is 0 Å². The summed E-state index contributed by atoms with van der Waals surface area (Å²) < 4.78 is 10.4. The van der Waals surface area contributed by atoms with Gasteiger partial charge in [0.1, 0.15) is 0 Å². The van der Waals surface area contributed by atoms with E-state index in [2.05, 4.69) is 0 Å². The maximum Gasteiger partial charge on any atom is 0.290 e. The number of furan rings is 1. The lowest BCUT2D eigenvalue weighted by Gasteiger charge is -2.27. The van der Waals surface area contributed by atoms with Crippen LogP contribution in [-0.2, 0) is 11.2 Å². The van der Waals surface area contributed by atoms with E-state index in [1.54, 1.807) is 18.2 Å². The molecule has 1 aromatic heterocycles. The smallest absolute Gasteiger partial charge is 0.290 e. The van der Waals surface area contributed by atoms with Crippen molar-refractivity contribution in [2.45, 2.75) is 12.5 Å². The standard InChI is InChI=1S/C24H21NO6/c1-30-19-14-16(9-10-17(19)26)21-20(22(27)18-8-5-13-31-18)23(28)24(29)25(21)12-11-15-6-3-2-4-7-15/h2-10,13-14,21,26,28H,11-12H2,1H3/t21-/m0/s1. The summed E-state index contributed by atoms with van der Waals surface area (Å²) in [5.74, 6) is -1.66. The van der Waals surface area contributed by atoms with E-state index >= 15 is 0 Å². The number of hydrogen-bond donors (Lipinski definition) is 2. The van der Waals surface area contributed by atoms with Crippen LogP contribution in [0, 0.1) is 0 Å². The number of aliphatic hydroxyl groups excluding tert-OH is 1. The van der Waals surface area contributed by atoms with Gasteiger partial charge in [0.2, 0.25) is 5.78 Å². The molecule has 0 unspecified atom stereocenters. The first-order valence-electron chi connectivity index (χ1n) is 9.74. The van der Waals surface area contributed by atoms with Gasteiger partial charge in [-0.15, -0.1) is 0 Å². The van der Waals surface area contributed by atoms with Crippen LogP contribution >= 0.6 is 0 Å². The Kier molecular flexibility index (Phi) is 5.49. The molecule has 0 fully saturated rings. The first kappa shape index (κ1) is 20.3. The molecule has 1 amide bonds. The Balaban J connectivity index is 1.75. The second kappa shape index (κ2) is 8.39. The lowest BCUT2D eigenvalue weighted by atomic mass is 9.94. The molecular formula is C24H21NO6. The highest BCUT2D eigenvalue weighted by molar-refractivity contribution is 6.15. The monoisotopic (exact) mass is 419 g/mol. The normalized spacial score (nSPS) is 16.1. The molecule has 4 rings (SSSR count). The van der Waals surface area contributed by atoms with Gasteiger partial charge in [0.05, 0.1) is 25.0 Å². The van der Waals surface area contributed by atoms with Gasteiger partial charge in [0, 0.05) is 6.54 Å². The summed E-state index contributed by atoms with van der Waals surface area (Å²) in [4.78, 5) is 27.5. The van der Waals surface area contributed by atoms with Crippen LogP contribution in [0.15, 0.2) is 82.7 Å². The van der Waals surface area contributed by atoms with Crippen LogP contribution in [0.4, 0.5) is 0 Å². The van der Waals surface area contributed by atoms with E-state index in [1.165, 1.54) is 30.4 Å². The summed E-state index contributed by atoms with van der Waals surface area (Å²) in [6, 6.07) is 16.4. The molecule has 3 aromatic rings. The molecule has 2 N–H and O–H groups in total. The number of aliphatic hydroxyl groups is 1. The zero-order valence-corrected chi connectivity index (χ0v) is 16.8. The Morgan fingerprint density at radius 3 is 2.55 bits per heavy atom. The van der Waals surface area contributed by atoms with Gasteiger partial charge < -0.3 is 24.3 Å². The summed E-state index contributed by atoms with van der Waals surface area (Å²) in [5, 5.41) is 20.6. The van der Waals surface area contributed by atoms with Crippen molar-refractivity contribution in [3.05, 3.63) is 95.1 Å². The van der Waals surface area contributed by atoms with Crippen molar-refractivity contribution in [2.75, 3.05) is 13.7 Å². The number of Topliss-reactive ketones (excluding diaryl/α,β-unsaturated/α-hetero) is 1. The van der Waals surface area contributed by atoms with Gasteiger partial charge in [0.15, 0.2) is 23.0 Å². The van der Waals surface area contributed by atoms with Crippen LogP contribution < -0.4 is 4.74 Å². The van der Waals surface area contributed by atoms with Crippen molar-refractivity contribution in [1.82, 2.24) is 4.90 Å². The summed E-state index contributed by atoms with van der Waals surface area (Å²) in [7, 11) is 1.41. The number of ether oxygens (including phenoxy) is 1. The third-order valence-electron chi connectivity index (χ3n) is 5.30. The zero-order valence-electron chi connectivity index (χ0n) is 16.8. The Bertz CT molecular complexity index is 1130. The van der Waals surface area contributed by atoms with Gasteiger partial charge in [-0.3, -0.25) is 9.59 Å². The van der Waals surface area contributed by atoms with E-state index in [1.807, 2.05) is 30.3 Å². The minimum atomic E-state index is -0.858. The molecule has 1 aliphatic rings. The van der Waals surface area contributed by atoms with Crippen LogP contribution in [0.5, 0.6) is 11.5 Å². The largest absolute Gasteiger partial charge is 0.504 e. The van der Waals surface area contributed by atoms with Gasteiger partial charge in [-0.25, -0.2) is 0 Å². The van der Waals surface area contributed by atoms with E-state index in [0.29, 0.717) is 12.0 Å². The maximum absolute atomic E-state index is 13.1. The molecule has 0 bridgehead atoms. The number of benzene rings is 2. The van der Waals surface area contributed by atoms with Crippen molar-refractivity contribution >= 4 is 11.7 Å². The van der Waals surface area contributed by atoms with Crippen LogP contribution in [0.25, 0.3) is 0 Å². The van der Waals surface area contributed by atoms with Crippen LogP contribution in [0.2, 0.25) is 0 Å². The van der Waals surface area contributed by atoms with Gasteiger partial charge in [-0.2, -0.15) is 0 Å². The predicted molar refractivity (Wildman–Crippen MR) is 112 cm³/mol. The molecular weight excluding hydrogens is 398 g/mol. The molecule has 1 atom stereocenters. The van der Waals surface area contributed by atoms with Crippen molar-refractivity contribution in [3.8, 4) is 11.5 Å². The number of methoxy groups -OCH3 is 1. The number of amides is 1. The van der Waals surface area contributed by atoms with Crippen LogP contribution in [-0.4, -0.2) is 40.5 Å². The molecule has 0 radical (unpaired) electrons. The molecule has 0 saturated carbocycles.